The van der Waals surface area contributed by atoms with Crippen LogP contribution in [0, 0.1) is 0 Å². The summed E-state index contributed by atoms with van der Waals surface area (Å²) in [5.41, 5.74) is 2.11. The van der Waals surface area contributed by atoms with E-state index in [9.17, 15) is 9.67 Å². The van der Waals surface area contributed by atoms with Crippen molar-refractivity contribution < 1.29 is 37.1 Å². The number of ether oxygens (including phenoxy) is 2. The molecule has 1 saturated carbocycles. The smallest absolute Gasteiger partial charge is 0.476 e. The number of anilines is 1. The highest BCUT2D eigenvalue weighted by Gasteiger charge is 3.01. The van der Waals surface area contributed by atoms with Gasteiger partial charge in [-0.15, -0.1) is 0 Å². The zero-order chi connectivity index (χ0) is 21.7. The Labute approximate surface area is 170 Å². The molecular weight excluding hydrogens is 424 g/mol. The summed E-state index contributed by atoms with van der Waals surface area (Å²) in [5.74, 6) is -2.49. The van der Waals surface area contributed by atoms with Crippen molar-refractivity contribution in [3.05, 3.63) is 6.33 Å². The molecule has 1 aliphatic carbocycles. The standard InChI is InChI=1S/C16H21FN5O7P/c1-5-25-10-8-9(20-13(18)21-10)22(6-19-8)12-14(4,23)15-11(16(15,17)26-12)28-30(24,29-15)27-7(2)3/h6-7,11-12,23H,5H2,1-4H3,(H2,18,20,21). The van der Waals surface area contributed by atoms with E-state index in [0.29, 0.717) is 6.61 Å². The molecule has 14 heteroatoms. The summed E-state index contributed by atoms with van der Waals surface area (Å²) in [5, 5.41) is 11.3. The Morgan fingerprint density at radius 2 is 2.20 bits per heavy atom. The number of nitrogens with two attached hydrogens (primary N) is 1. The fourth-order valence-electron chi connectivity index (χ4n) is 4.20. The molecule has 1 spiro atoms. The Bertz CT molecular complexity index is 1100. The molecule has 3 aliphatic rings. The van der Waals surface area contributed by atoms with E-state index in [0.717, 1.165) is 0 Å². The second-order valence-corrected chi connectivity index (χ2v) is 9.32. The maximum absolute atomic E-state index is 15.6. The lowest BCUT2D eigenvalue weighted by molar-refractivity contribution is -0.170. The third-order valence-corrected chi connectivity index (χ3v) is 7.08. The Hall–Kier alpha value is -1.89. The number of halogens is 1. The van der Waals surface area contributed by atoms with Gasteiger partial charge in [0.05, 0.1) is 19.0 Å². The molecule has 6 atom stereocenters. The van der Waals surface area contributed by atoms with Crippen LogP contribution in [-0.2, 0) is 22.9 Å². The maximum atomic E-state index is 15.6. The molecule has 12 nitrogen and oxygen atoms in total. The van der Waals surface area contributed by atoms with E-state index in [-0.39, 0.29) is 23.0 Å². The van der Waals surface area contributed by atoms with Crippen LogP contribution in [0.5, 0.6) is 5.88 Å². The van der Waals surface area contributed by atoms with Crippen molar-refractivity contribution in [2.75, 3.05) is 12.3 Å². The molecule has 164 valence electrons. The van der Waals surface area contributed by atoms with Crippen LogP contribution in [0.4, 0.5) is 10.3 Å². The van der Waals surface area contributed by atoms with E-state index in [2.05, 4.69) is 15.0 Å². The number of fused-ring (bicyclic) bond motifs is 2. The van der Waals surface area contributed by atoms with Crippen molar-refractivity contribution in [3.8, 4) is 5.88 Å². The molecular formula is C16H21FN5O7P. The summed E-state index contributed by atoms with van der Waals surface area (Å²) in [4.78, 5) is 12.3. The third kappa shape index (κ3) is 2.27. The highest BCUT2D eigenvalue weighted by molar-refractivity contribution is 7.49. The lowest BCUT2D eigenvalue weighted by Crippen LogP contribution is -2.48. The van der Waals surface area contributed by atoms with E-state index in [4.69, 9.17) is 28.8 Å². The monoisotopic (exact) mass is 445 g/mol. The fraction of sp³-hybridized carbons (Fsp3) is 0.688. The van der Waals surface area contributed by atoms with E-state index in [1.54, 1.807) is 20.8 Å². The molecule has 3 fully saturated rings. The first-order valence-corrected chi connectivity index (χ1v) is 10.8. The number of phosphoric ester groups is 1. The number of phosphoric acid groups is 1. The number of alkyl halides is 1. The van der Waals surface area contributed by atoms with Crippen LogP contribution in [0.2, 0.25) is 0 Å². The Morgan fingerprint density at radius 1 is 1.47 bits per heavy atom. The molecule has 5 rings (SSSR count). The summed E-state index contributed by atoms with van der Waals surface area (Å²) >= 11 is 0. The normalized spacial score (nSPS) is 42.0. The number of hydrogen-bond acceptors (Lipinski definition) is 11. The van der Waals surface area contributed by atoms with Crippen molar-refractivity contribution >= 4 is 24.9 Å². The number of nitrogens with zero attached hydrogens (tertiary/aromatic N) is 4. The zero-order valence-corrected chi connectivity index (χ0v) is 17.5. The Kier molecular flexibility index (Phi) is 3.92. The lowest BCUT2D eigenvalue weighted by Gasteiger charge is -2.31. The molecule has 2 aromatic heterocycles. The predicted molar refractivity (Wildman–Crippen MR) is 98.0 cm³/mol. The van der Waals surface area contributed by atoms with Gasteiger partial charge in [0, 0.05) is 0 Å². The van der Waals surface area contributed by atoms with Crippen LogP contribution in [-0.4, -0.2) is 60.5 Å². The molecule has 4 heterocycles. The number of aliphatic hydroxyl groups is 1. The van der Waals surface area contributed by atoms with Crippen molar-refractivity contribution in [1.82, 2.24) is 19.5 Å². The number of hydrogen-bond donors (Lipinski definition) is 2. The molecule has 0 bridgehead atoms. The van der Waals surface area contributed by atoms with Gasteiger partial charge in [-0.3, -0.25) is 18.1 Å². The SMILES string of the molecule is CCOc1nc(N)nc2c1ncn2C1OC2(F)C3OP(=O)(OC(C)C)OC32C1(C)O. The zero-order valence-electron chi connectivity index (χ0n) is 16.6. The maximum Gasteiger partial charge on any atom is 0.476 e. The largest absolute Gasteiger partial charge is 0.476 e. The van der Waals surface area contributed by atoms with Crippen LogP contribution >= 0.6 is 7.82 Å². The highest BCUT2D eigenvalue weighted by atomic mass is 31.2. The molecule has 2 aliphatic heterocycles. The van der Waals surface area contributed by atoms with Gasteiger partial charge in [-0.05, 0) is 27.7 Å². The minimum absolute atomic E-state index is 0.100. The molecule has 2 aromatic rings. The summed E-state index contributed by atoms with van der Waals surface area (Å²) < 4.78 is 56.4. The molecule has 0 amide bonds. The van der Waals surface area contributed by atoms with Gasteiger partial charge in [0.25, 0.3) is 5.85 Å². The molecule has 2 saturated heterocycles. The van der Waals surface area contributed by atoms with Gasteiger partial charge in [-0.2, -0.15) is 9.97 Å². The first kappa shape index (κ1) is 20.0. The second-order valence-electron chi connectivity index (χ2n) is 7.82. The summed E-state index contributed by atoms with van der Waals surface area (Å²) in [6, 6.07) is 0. The quantitative estimate of drug-likeness (QED) is 0.643. The number of aromatic nitrogens is 4. The van der Waals surface area contributed by atoms with Gasteiger partial charge in [0.15, 0.2) is 23.5 Å². The van der Waals surface area contributed by atoms with Crippen LogP contribution < -0.4 is 10.5 Å². The average Bonchev–Trinajstić information content (AvgIpc) is 3.00. The van der Waals surface area contributed by atoms with Crippen LogP contribution in [0.1, 0.15) is 33.9 Å². The first-order valence-electron chi connectivity index (χ1n) is 9.38. The lowest BCUT2D eigenvalue weighted by atomic mass is 9.95. The average molecular weight is 445 g/mol. The molecule has 6 unspecified atom stereocenters. The van der Waals surface area contributed by atoms with E-state index in [1.165, 1.54) is 17.8 Å². The third-order valence-electron chi connectivity index (χ3n) is 5.42. The predicted octanol–water partition coefficient (Wildman–Crippen LogP) is 1.45. The van der Waals surface area contributed by atoms with Gasteiger partial charge in [0.2, 0.25) is 17.4 Å². The van der Waals surface area contributed by atoms with Gasteiger partial charge in [0.1, 0.15) is 5.60 Å². The first-order chi connectivity index (χ1) is 14.0. The number of rotatable bonds is 5. The van der Waals surface area contributed by atoms with Crippen molar-refractivity contribution in [2.24, 2.45) is 0 Å². The van der Waals surface area contributed by atoms with Crippen LogP contribution in [0.25, 0.3) is 11.2 Å². The molecule has 0 aromatic carbocycles. The van der Waals surface area contributed by atoms with Gasteiger partial charge >= 0.3 is 7.82 Å². The topological polar surface area (TPSA) is 153 Å². The molecule has 30 heavy (non-hydrogen) atoms. The van der Waals surface area contributed by atoms with Gasteiger partial charge in [-0.25, -0.2) is 13.9 Å². The van der Waals surface area contributed by atoms with Crippen molar-refractivity contribution in [2.45, 2.75) is 63.2 Å². The van der Waals surface area contributed by atoms with Crippen molar-refractivity contribution in [3.63, 3.8) is 0 Å². The minimum atomic E-state index is -4.08. The Morgan fingerprint density at radius 3 is 2.87 bits per heavy atom. The van der Waals surface area contributed by atoms with E-state index < -0.39 is 43.3 Å². The molecule has 0 radical (unpaired) electrons. The second kappa shape index (κ2) is 5.87. The van der Waals surface area contributed by atoms with Crippen LogP contribution in [0.15, 0.2) is 6.33 Å². The highest BCUT2D eigenvalue weighted by Crippen LogP contribution is 2.82. The van der Waals surface area contributed by atoms with Gasteiger partial charge in [-0.1, -0.05) is 0 Å². The van der Waals surface area contributed by atoms with E-state index >= 15 is 4.39 Å². The van der Waals surface area contributed by atoms with Crippen molar-refractivity contribution in [1.29, 1.82) is 0 Å². The minimum Gasteiger partial charge on any atom is -0.476 e. The Balaban J connectivity index is 1.56. The number of imidazole rings is 1. The fourth-order valence-corrected chi connectivity index (χ4v) is 6.15. The number of nitrogen functional groups attached to an aromatic ring is 1. The summed E-state index contributed by atoms with van der Waals surface area (Å²) in [7, 11) is -4.08. The van der Waals surface area contributed by atoms with Crippen LogP contribution in [0.3, 0.4) is 0 Å². The van der Waals surface area contributed by atoms with E-state index in [1.807, 2.05) is 0 Å². The summed E-state index contributed by atoms with van der Waals surface area (Å²) in [6.07, 6.45) is -1.97. The van der Waals surface area contributed by atoms with Gasteiger partial charge < -0.3 is 20.3 Å². The molecule has 3 N–H and O–H groups in total. The summed E-state index contributed by atoms with van der Waals surface area (Å²) in [6.45, 7) is 6.62.